The number of benzene rings is 1. The van der Waals surface area contributed by atoms with Crippen molar-refractivity contribution in [3.63, 3.8) is 0 Å². The number of nitrogens with one attached hydrogen (secondary N) is 1. The molecule has 0 unspecified atom stereocenters. The fraction of sp³-hybridized carbons (Fsp3) is 0.462. The normalized spacial score (nSPS) is 11.2. The Morgan fingerprint density at radius 1 is 1.37 bits per heavy atom. The van der Waals surface area contributed by atoms with Crippen molar-refractivity contribution in [2.75, 3.05) is 23.8 Å². The first kappa shape index (κ1) is 15.5. The first-order valence-corrected chi connectivity index (χ1v) is 8.06. The minimum atomic E-state index is -3.02. The van der Waals surface area contributed by atoms with E-state index in [9.17, 15) is 13.2 Å². The lowest BCUT2D eigenvalue weighted by Crippen LogP contribution is -2.29. The Labute approximate surface area is 114 Å². The molecule has 0 bridgehead atoms. The van der Waals surface area contributed by atoms with Crippen molar-refractivity contribution in [1.29, 1.82) is 0 Å². The molecule has 0 aliphatic rings. The van der Waals surface area contributed by atoms with E-state index in [2.05, 4.69) is 5.32 Å². The van der Waals surface area contributed by atoms with Crippen LogP contribution in [0.15, 0.2) is 24.3 Å². The number of carbonyl (C=O) groups is 1. The average Bonchev–Trinajstić information content (AvgIpc) is 2.36. The van der Waals surface area contributed by atoms with Gasteiger partial charge in [-0.25, -0.2) is 8.42 Å². The van der Waals surface area contributed by atoms with Crippen LogP contribution in [0, 0.1) is 0 Å². The number of hydrogen-bond acceptors (Lipinski definition) is 4. The fourth-order valence-electron chi connectivity index (χ4n) is 1.59. The first-order chi connectivity index (χ1) is 8.93. The average molecular weight is 284 g/mol. The number of nitrogen functional groups attached to an aromatic ring is 1. The lowest BCUT2D eigenvalue weighted by molar-refractivity contribution is -0.120. The molecule has 0 heterocycles. The van der Waals surface area contributed by atoms with E-state index in [-0.39, 0.29) is 24.0 Å². The van der Waals surface area contributed by atoms with Gasteiger partial charge in [0.15, 0.2) is 9.84 Å². The molecule has 0 aromatic heterocycles. The minimum absolute atomic E-state index is 0.00642. The van der Waals surface area contributed by atoms with Gasteiger partial charge in [-0.3, -0.25) is 4.79 Å². The van der Waals surface area contributed by atoms with Gasteiger partial charge in [-0.2, -0.15) is 0 Å². The molecule has 0 radical (unpaired) electrons. The third-order valence-corrected chi connectivity index (χ3v) is 4.47. The van der Waals surface area contributed by atoms with E-state index in [4.69, 9.17) is 5.73 Å². The number of sulfone groups is 1. The third-order valence-electron chi connectivity index (χ3n) is 2.77. The van der Waals surface area contributed by atoms with Crippen LogP contribution in [0.2, 0.25) is 0 Å². The van der Waals surface area contributed by atoms with Crippen molar-refractivity contribution in [2.24, 2.45) is 0 Å². The second-order valence-corrected chi connectivity index (χ2v) is 6.80. The molecule has 5 nitrogen and oxygen atoms in total. The minimum Gasteiger partial charge on any atom is -0.399 e. The number of hydrogen-bond donors (Lipinski definition) is 2. The van der Waals surface area contributed by atoms with E-state index in [0.717, 1.165) is 5.56 Å². The zero-order valence-electron chi connectivity index (χ0n) is 11.1. The van der Waals surface area contributed by atoms with Crippen LogP contribution in [0.25, 0.3) is 0 Å². The molecule has 1 amide bonds. The molecule has 0 fully saturated rings. The molecule has 6 heteroatoms. The van der Waals surface area contributed by atoms with Crippen LogP contribution < -0.4 is 11.1 Å². The summed E-state index contributed by atoms with van der Waals surface area (Å²) in [5, 5.41) is 2.61. The molecule has 0 atom stereocenters. The van der Waals surface area contributed by atoms with Crippen molar-refractivity contribution >= 4 is 21.4 Å². The van der Waals surface area contributed by atoms with Crippen LogP contribution in [0.3, 0.4) is 0 Å². The number of anilines is 1. The van der Waals surface area contributed by atoms with Gasteiger partial charge in [-0.05, 0) is 24.1 Å². The summed E-state index contributed by atoms with van der Waals surface area (Å²) >= 11 is 0. The van der Waals surface area contributed by atoms with E-state index in [0.29, 0.717) is 18.5 Å². The zero-order chi connectivity index (χ0) is 14.3. The van der Waals surface area contributed by atoms with Gasteiger partial charge in [0.1, 0.15) is 0 Å². The van der Waals surface area contributed by atoms with Crippen LogP contribution in [0.4, 0.5) is 5.69 Å². The first-order valence-electron chi connectivity index (χ1n) is 6.24. The molecule has 0 saturated carbocycles. The topological polar surface area (TPSA) is 89.3 Å². The van der Waals surface area contributed by atoms with Crippen molar-refractivity contribution in [1.82, 2.24) is 5.32 Å². The number of carbonyl (C=O) groups excluding carboxylic acids is 1. The Hall–Kier alpha value is -1.56. The summed E-state index contributed by atoms with van der Waals surface area (Å²) < 4.78 is 22.5. The summed E-state index contributed by atoms with van der Waals surface area (Å²) in [6.45, 7) is 1.77. The molecule has 106 valence electrons. The van der Waals surface area contributed by atoms with Crippen LogP contribution >= 0.6 is 0 Å². The van der Waals surface area contributed by atoms with Gasteiger partial charge in [-0.1, -0.05) is 19.1 Å². The van der Waals surface area contributed by atoms with Gasteiger partial charge < -0.3 is 11.1 Å². The molecule has 0 saturated heterocycles. The Balaban J connectivity index is 2.29. The maximum atomic E-state index is 11.5. The predicted molar refractivity (Wildman–Crippen MR) is 76.5 cm³/mol. The van der Waals surface area contributed by atoms with Crippen LogP contribution in [0.1, 0.15) is 18.9 Å². The zero-order valence-corrected chi connectivity index (χ0v) is 11.9. The van der Waals surface area contributed by atoms with Crippen LogP contribution in [-0.2, 0) is 21.1 Å². The van der Waals surface area contributed by atoms with E-state index in [1.165, 1.54) is 0 Å². The quantitative estimate of drug-likeness (QED) is 0.723. The van der Waals surface area contributed by atoms with Gasteiger partial charge in [-0.15, -0.1) is 0 Å². The highest BCUT2D eigenvalue weighted by atomic mass is 32.2. The Kier molecular flexibility index (Phi) is 5.82. The second kappa shape index (κ2) is 7.13. The van der Waals surface area contributed by atoms with Gasteiger partial charge >= 0.3 is 0 Å². The van der Waals surface area contributed by atoms with E-state index < -0.39 is 9.84 Å². The number of aryl methyl sites for hydroxylation is 1. The molecule has 1 aromatic carbocycles. The molecule has 0 spiro atoms. The van der Waals surface area contributed by atoms with Crippen LogP contribution in [-0.4, -0.2) is 32.4 Å². The van der Waals surface area contributed by atoms with E-state index in [1.807, 2.05) is 18.2 Å². The summed E-state index contributed by atoms with van der Waals surface area (Å²) in [4.78, 5) is 11.5. The standard InChI is InChI=1S/C13H20N2O3S/c1-2-19(17,18)9-8-15-13(16)7-6-11-4-3-5-12(14)10-11/h3-5,10H,2,6-9,14H2,1H3,(H,15,16). The highest BCUT2D eigenvalue weighted by Gasteiger charge is 2.08. The molecular weight excluding hydrogens is 264 g/mol. The number of amides is 1. The van der Waals surface area contributed by atoms with Crippen molar-refractivity contribution < 1.29 is 13.2 Å². The third kappa shape index (κ3) is 6.24. The highest BCUT2D eigenvalue weighted by molar-refractivity contribution is 7.91. The number of rotatable bonds is 7. The predicted octanol–water partition coefficient (Wildman–Crippen LogP) is 0.752. The summed E-state index contributed by atoms with van der Waals surface area (Å²) in [7, 11) is -3.02. The molecule has 19 heavy (non-hydrogen) atoms. The second-order valence-electron chi connectivity index (χ2n) is 4.33. The summed E-state index contributed by atoms with van der Waals surface area (Å²) in [5.74, 6) is -0.0478. The fourth-order valence-corrected chi connectivity index (χ4v) is 2.29. The molecule has 1 rings (SSSR count). The maximum Gasteiger partial charge on any atom is 0.220 e. The maximum absolute atomic E-state index is 11.5. The van der Waals surface area contributed by atoms with Gasteiger partial charge in [0.25, 0.3) is 0 Å². The van der Waals surface area contributed by atoms with Gasteiger partial charge in [0, 0.05) is 24.4 Å². The van der Waals surface area contributed by atoms with Crippen LogP contribution in [0.5, 0.6) is 0 Å². The highest BCUT2D eigenvalue weighted by Crippen LogP contribution is 2.08. The molecule has 0 aliphatic carbocycles. The van der Waals surface area contributed by atoms with Crippen molar-refractivity contribution in [3.8, 4) is 0 Å². The SMILES string of the molecule is CCS(=O)(=O)CCNC(=O)CCc1cccc(N)c1. The molecular formula is C13H20N2O3S. The molecule has 1 aromatic rings. The number of nitrogens with two attached hydrogens (primary N) is 1. The lowest BCUT2D eigenvalue weighted by atomic mass is 10.1. The summed E-state index contributed by atoms with van der Waals surface area (Å²) in [6.07, 6.45) is 0.924. The lowest BCUT2D eigenvalue weighted by Gasteiger charge is -2.06. The van der Waals surface area contributed by atoms with Gasteiger partial charge in [0.05, 0.1) is 5.75 Å². The van der Waals surface area contributed by atoms with Crippen molar-refractivity contribution in [2.45, 2.75) is 19.8 Å². The van der Waals surface area contributed by atoms with Gasteiger partial charge in [0.2, 0.25) is 5.91 Å². The van der Waals surface area contributed by atoms with E-state index >= 15 is 0 Å². The summed E-state index contributed by atoms with van der Waals surface area (Å²) in [6, 6.07) is 7.37. The Morgan fingerprint density at radius 3 is 2.74 bits per heavy atom. The van der Waals surface area contributed by atoms with E-state index in [1.54, 1.807) is 13.0 Å². The molecule has 0 aliphatic heterocycles. The summed E-state index contributed by atoms with van der Waals surface area (Å²) in [5.41, 5.74) is 7.31. The Bertz CT molecular complexity index is 526. The smallest absolute Gasteiger partial charge is 0.220 e. The monoisotopic (exact) mass is 284 g/mol. The molecule has 3 N–H and O–H groups in total. The largest absolute Gasteiger partial charge is 0.399 e. The Morgan fingerprint density at radius 2 is 2.11 bits per heavy atom. The van der Waals surface area contributed by atoms with Crippen molar-refractivity contribution in [3.05, 3.63) is 29.8 Å².